The van der Waals surface area contributed by atoms with Crippen molar-refractivity contribution in [3.8, 4) is 11.5 Å². The van der Waals surface area contributed by atoms with E-state index in [0.717, 1.165) is 34.9 Å². The lowest BCUT2D eigenvalue weighted by molar-refractivity contribution is -0.140. The van der Waals surface area contributed by atoms with Gasteiger partial charge in [-0.05, 0) is 48.0 Å². The van der Waals surface area contributed by atoms with Gasteiger partial charge in [0.2, 0.25) is 0 Å². The first-order valence-corrected chi connectivity index (χ1v) is 12.1. The number of thiocarbonyl (C=S) groups is 1. The number of hydrogen-bond acceptors (Lipinski definition) is 6. The molecule has 1 aliphatic heterocycles. The number of aliphatic carboxylic acids is 1. The van der Waals surface area contributed by atoms with E-state index in [2.05, 4.69) is 0 Å². The largest absolute Gasteiger partial charge is 0.485 e. The Morgan fingerprint density at radius 3 is 2.03 bits per heavy atom. The molecule has 1 N–H and O–H groups in total. The Labute approximate surface area is 223 Å². The second-order valence-electron chi connectivity index (χ2n) is 7.92. The number of benzene rings is 3. The molecule has 0 aromatic heterocycles. The van der Waals surface area contributed by atoms with Crippen LogP contribution in [0.5, 0.6) is 11.5 Å². The van der Waals surface area contributed by atoms with Gasteiger partial charge in [-0.3, -0.25) is 14.5 Å². The fourth-order valence-corrected chi connectivity index (χ4v) is 4.61. The third kappa shape index (κ3) is 6.50. The lowest BCUT2D eigenvalue weighted by Gasteiger charge is -2.15. The molecule has 4 rings (SSSR count). The minimum atomic E-state index is -1.22. The third-order valence-corrected chi connectivity index (χ3v) is 6.61. The maximum Gasteiger partial charge on any atom is 0.323 e. The zero-order chi connectivity index (χ0) is 27.4. The molecule has 1 heterocycles. The van der Waals surface area contributed by atoms with Gasteiger partial charge in [-0.2, -0.15) is 0 Å². The van der Waals surface area contributed by atoms with Crippen molar-refractivity contribution in [3.05, 3.63) is 99.5 Å². The van der Waals surface area contributed by atoms with E-state index >= 15 is 0 Å². The van der Waals surface area contributed by atoms with Crippen LogP contribution in [0.15, 0.2) is 59.5 Å². The molecule has 0 aliphatic carbocycles. The standard InChI is InChI=1S/C26H17F4NO5S2/c27-17-4-2-15(19(29)9-17)12-35-21-6-1-14(8-23-25(34)31(11-24(32)33)26(37)38-23)7-22(21)36-13-16-3-5-18(28)10-20(16)30/h1-10H,11-13H2,(H,32,33)/b23-8-. The number of carboxylic acid groups (broad SMARTS) is 1. The van der Waals surface area contributed by atoms with Gasteiger partial charge in [0.15, 0.2) is 11.5 Å². The number of carboxylic acids is 1. The summed E-state index contributed by atoms with van der Waals surface area (Å²) in [6.07, 6.45) is 1.47. The molecule has 0 bridgehead atoms. The topological polar surface area (TPSA) is 76.1 Å². The van der Waals surface area contributed by atoms with Gasteiger partial charge in [-0.1, -0.05) is 30.0 Å². The van der Waals surface area contributed by atoms with E-state index in [4.69, 9.17) is 26.8 Å². The first-order valence-electron chi connectivity index (χ1n) is 10.9. The number of hydrogen-bond donors (Lipinski definition) is 1. The molecular weight excluding hydrogens is 546 g/mol. The predicted molar refractivity (Wildman–Crippen MR) is 135 cm³/mol. The first-order chi connectivity index (χ1) is 18.1. The van der Waals surface area contributed by atoms with Crippen LogP contribution < -0.4 is 9.47 Å². The van der Waals surface area contributed by atoms with Gasteiger partial charge in [0.25, 0.3) is 5.91 Å². The van der Waals surface area contributed by atoms with Crippen LogP contribution in [0.3, 0.4) is 0 Å². The Morgan fingerprint density at radius 2 is 1.47 bits per heavy atom. The van der Waals surface area contributed by atoms with Crippen molar-refractivity contribution < 1.29 is 41.7 Å². The molecule has 3 aromatic carbocycles. The Kier molecular flexibility index (Phi) is 8.32. The summed E-state index contributed by atoms with van der Waals surface area (Å²) < 4.78 is 66.2. The summed E-state index contributed by atoms with van der Waals surface area (Å²) in [5.74, 6) is -4.69. The number of thioether (sulfide) groups is 1. The third-order valence-electron chi connectivity index (χ3n) is 5.23. The van der Waals surface area contributed by atoms with E-state index in [0.29, 0.717) is 11.6 Å². The van der Waals surface area contributed by atoms with Crippen LogP contribution in [-0.4, -0.2) is 32.7 Å². The van der Waals surface area contributed by atoms with E-state index in [-0.39, 0.29) is 45.1 Å². The SMILES string of the molecule is O=C(O)CN1C(=O)/C(=C/c2ccc(OCc3ccc(F)cc3F)c(OCc3ccc(F)cc3F)c2)SC1=S. The summed E-state index contributed by atoms with van der Waals surface area (Å²) in [7, 11) is 0. The molecular formula is C26H17F4NO5S2. The average molecular weight is 564 g/mol. The number of carbonyl (C=O) groups is 2. The van der Waals surface area contributed by atoms with Gasteiger partial charge < -0.3 is 14.6 Å². The fourth-order valence-electron chi connectivity index (χ4n) is 3.36. The Bertz CT molecular complexity index is 1460. The molecule has 0 atom stereocenters. The summed E-state index contributed by atoms with van der Waals surface area (Å²) in [6, 6.07) is 10.5. The van der Waals surface area contributed by atoms with Crippen molar-refractivity contribution in [2.45, 2.75) is 13.2 Å². The highest BCUT2D eigenvalue weighted by atomic mass is 32.2. The van der Waals surface area contributed by atoms with Crippen LogP contribution in [0, 0.1) is 23.3 Å². The summed E-state index contributed by atoms with van der Waals surface area (Å²) in [5.41, 5.74) is 0.575. The van der Waals surface area contributed by atoms with Crippen LogP contribution >= 0.6 is 24.0 Å². The lowest BCUT2D eigenvalue weighted by atomic mass is 10.1. The van der Waals surface area contributed by atoms with E-state index < -0.39 is 41.7 Å². The highest BCUT2D eigenvalue weighted by molar-refractivity contribution is 8.26. The van der Waals surface area contributed by atoms with Gasteiger partial charge in [-0.15, -0.1) is 0 Å². The molecule has 1 fully saturated rings. The van der Waals surface area contributed by atoms with E-state index in [1.54, 1.807) is 6.07 Å². The van der Waals surface area contributed by atoms with Crippen molar-refractivity contribution in [1.29, 1.82) is 0 Å². The zero-order valence-electron chi connectivity index (χ0n) is 19.3. The van der Waals surface area contributed by atoms with Gasteiger partial charge in [0, 0.05) is 23.3 Å². The molecule has 3 aromatic rings. The summed E-state index contributed by atoms with van der Waals surface area (Å²) in [4.78, 5) is 24.7. The number of carbonyl (C=O) groups excluding carboxylic acids is 1. The number of nitrogens with zero attached hydrogens (tertiary/aromatic N) is 1. The Hall–Kier alpha value is -3.90. The van der Waals surface area contributed by atoms with Crippen molar-refractivity contribution in [1.82, 2.24) is 4.90 Å². The molecule has 0 radical (unpaired) electrons. The van der Waals surface area contributed by atoms with Crippen LogP contribution in [0.2, 0.25) is 0 Å². The smallest absolute Gasteiger partial charge is 0.323 e. The molecule has 1 saturated heterocycles. The van der Waals surface area contributed by atoms with Gasteiger partial charge in [0.1, 0.15) is 47.3 Å². The second kappa shape index (κ2) is 11.7. The Balaban J connectivity index is 1.61. The highest BCUT2D eigenvalue weighted by Gasteiger charge is 2.33. The minimum absolute atomic E-state index is 0.0573. The molecule has 0 spiro atoms. The lowest BCUT2D eigenvalue weighted by Crippen LogP contribution is -2.33. The molecule has 0 unspecified atom stereocenters. The quantitative estimate of drug-likeness (QED) is 0.204. The van der Waals surface area contributed by atoms with Crippen LogP contribution in [-0.2, 0) is 22.8 Å². The van der Waals surface area contributed by atoms with Crippen molar-refractivity contribution in [2.75, 3.05) is 6.54 Å². The monoisotopic (exact) mass is 563 g/mol. The second-order valence-corrected chi connectivity index (χ2v) is 9.59. The summed E-state index contributed by atoms with van der Waals surface area (Å²) in [5, 5.41) is 9.00. The highest BCUT2D eigenvalue weighted by Crippen LogP contribution is 2.35. The number of ether oxygens (including phenoxy) is 2. The van der Waals surface area contributed by atoms with Crippen LogP contribution in [0.25, 0.3) is 6.08 Å². The minimum Gasteiger partial charge on any atom is -0.485 e. The predicted octanol–water partition coefficient (Wildman–Crippen LogP) is 5.69. The molecule has 196 valence electrons. The molecule has 12 heteroatoms. The first kappa shape index (κ1) is 27.1. The van der Waals surface area contributed by atoms with E-state index in [1.165, 1.54) is 30.3 Å². The van der Waals surface area contributed by atoms with Crippen molar-refractivity contribution in [3.63, 3.8) is 0 Å². The molecule has 1 amide bonds. The van der Waals surface area contributed by atoms with Crippen LogP contribution in [0.4, 0.5) is 17.6 Å². The zero-order valence-corrected chi connectivity index (χ0v) is 20.9. The van der Waals surface area contributed by atoms with E-state index in [9.17, 15) is 27.2 Å². The summed E-state index contributed by atoms with van der Waals surface area (Å²) >= 11 is 6.02. The van der Waals surface area contributed by atoms with Gasteiger partial charge in [-0.25, -0.2) is 17.6 Å². The van der Waals surface area contributed by atoms with Crippen molar-refractivity contribution in [2.24, 2.45) is 0 Å². The van der Waals surface area contributed by atoms with Crippen LogP contribution in [0.1, 0.15) is 16.7 Å². The average Bonchev–Trinajstić information content (AvgIpc) is 3.10. The summed E-state index contributed by atoms with van der Waals surface area (Å²) in [6.45, 7) is -1.16. The molecule has 38 heavy (non-hydrogen) atoms. The van der Waals surface area contributed by atoms with Gasteiger partial charge in [0.05, 0.1) is 4.91 Å². The normalized spacial score (nSPS) is 14.3. The van der Waals surface area contributed by atoms with Crippen molar-refractivity contribution >= 4 is 46.3 Å². The molecule has 0 saturated carbocycles. The Morgan fingerprint density at radius 1 is 0.895 bits per heavy atom. The van der Waals surface area contributed by atoms with E-state index in [1.807, 2.05) is 0 Å². The number of rotatable bonds is 9. The number of halogens is 4. The maximum atomic E-state index is 14.1. The number of amides is 1. The maximum absolute atomic E-state index is 14.1. The fraction of sp³-hybridized carbons (Fsp3) is 0.115. The molecule has 6 nitrogen and oxygen atoms in total. The molecule has 1 aliphatic rings. The van der Waals surface area contributed by atoms with Gasteiger partial charge >= 0.3 is 5.97 Å².